The van der Waals surface area contributed by atoms with Gasteiger partial charge in [0, 0.05) is 33.4 Å². The Bertz CT molecular complexity index is 3630. The van der Waals surface area contributed by atoms with E-state index in [0.717, 1.165) is 33.4 Å². The minimum absolute atomic E-state index is 0.0180. The first-order valence-corrected chi connectivity index (χ1v) is 24.4. The lowest BCUT2D eigenvalue weighted by atomic mass is 9.82. The van der Waals surface area contributed by atoms with E-state index in [4.69, 9.17) is 4.74 Å². The Kier molecular flexibility index (Phi) is 14.5. The molecule has 8 aromatic carbocycles. The van der Waals surface area contributed by atoms with E-state index in [2.05, 4.69) is 23.7 Å². The van der Waals surface area contributed by atoms with Crippen LogP contribution in [0.25, 0.3) is 33.4 Å². The van der Waals surface area contributed by atoms with Crippen molar-refractivity contribution in [2.24, 2.45) is 0 Å². The Morgan fingerprint density at radius 1 is 0.338 bits per heavy atom. The van der Waals surface area contributed by atoms with Crippen molar-refractivity contribution >= 4 is 22.7 Å². The maximum Gasteiger partial charge on any atom is 0.178 e. The molecule has 0 radical (unpaired) electrons. The minimum Gasteiger partial charge on any atom is -0.508 e. The second-order valence-corrected chi connectivity index (χ2v) is 18.1. The molecule has 0 amide bonds. The van der Waals surface area contributed by atoms with E-state index in [1.165, 1.54) is 24.3 Å². The molecule has 9 heteroatoms. The van der Waals surface area contributed by atoms with Crippen LogP contribution in [0.1, 0.15) is 55.6 Å². The molecule has 0 spiro atoms. The van der Waals surface area contributed by atoms with Crippen LogP contribution >= 0.6 is 0 Å². The van der Waals surface area contributed by atoms with E-state index >= 15 is 0 Å². The molecule has 2 aliphatic carbocycles. The largest absolute Gasteiger partial charge is 0.508 e. The molecule has 0 unspecified atom stereocenters. The molecular weight excluding hydrogens is 961 g/mol. The van der Waals surface area contributed by atoms with Gasteiger partial charge in [0.2, 0.25) is 0 Å². The highest BCUT2D eigenvalue weighted by Crippen LogP contribution is 2.43. The molecule has 8 aromatic rings. The van der Waals surface area contributed by atoms with Crippen molar-refractivity contribution in [1.29, 1.82) is 0 Å². The zero-order chi connectivity index (χ0) is 53.4. The topological polar surface area (TPSA) is 165 Å². The molecule has 6 N–H and O–H groups in total. The van der Waals surface area contributed by atoms with E-state index in [-0.39, 0.29) is 59.3 Å². The minimum atomic E-state index is -0.174. The fraction of sp³-hybridized carbons (Fsp3) is 0.0294. The molecule has 2 aliphatic rings. The Labute approximate surface area is 444 Å². The zero-order valence-electron chi connectivity index (χ0n) is 41.1. The van der Waals surface area contributed by atoms with Gasteiger partial charge in [-0.25, -0.2) is 0 Å². The van der Waals surface area contributed by atoms with Gasteiger partial charge >= 0.3 is 0 Å². The third-order valence-electron chi connectivity index (χ3n) is 13.0. The molecule has 0 fully saturated rings. The van der Waals surface area contributed by atoms with E-state index in [1.807, 2.05) is 48.5 Å². The second-order valence-electron chi connectivity index (χ2n) is 18.1. The molecule has 77 heavy (non-hydrogen) atoms. The van der Waals surface area contributed by atoms with Crippen LogP contribution in [0.5, 0.6) is 34.5 Å². The molecule has 0 aliphatic heterocycles. The van der Waals surface area contributed by atoms with Gasteiger partial charge in [0.05, 0.1) is 13.2 Å². The number of hydrogen-bond acceptors (Lipinski definition) is 9. The second kappa shape index (κ2) is 22.3. The number of carbonyl (C=O) groups excluding carboxylic acids is 2. The molecule has 0 aromatic heterocycles. The Morgan fingerprint density at radius 3 is 0.961 bits per heavy atom. The molecular formula is C68H46O9. The van der Waals surface area contributed by atoms with E-state index < -0.39 is 0 Å². The van der Waals surface area contributed by atoms with Crippen molar-refractivity contribution in [3.05, 3.63) is 285 Å². The number of benzene rings is 8. The number of rotatable bonds is 10. The van der Waals surface area contributed by atoms with Gasteiger partial charge in [-0.05, 0) is 188 Å². The van der Waals surface area contributed by atoms with Gasteiger partial charge in [-0.15, -0.1) is 0 Å². The SMILES string of the molecule is O=C1C=CC(=C(c2ccc(O)cc2)c2c(-c3ccc(O)cc3)ccc(COCc3ccc(-c4ccc(O)cc4)c(C(=C4C=CC(=O)C=C4)c4ccc(O)cc4)c3C#Cc3ccc(O)cc3)c2C#Cc2ccc(O)cc2)C=C1. The number of ether oxygens (including phenoxy) is 1. The summed E-state index contributed by atoms with van der Waals surface area (Å²) in [4.78, 5) is 25.3. The van der Waals surface area contributed by atoms with Crippen LogP contribution in [0.3, 0.4) is 0 Å². The van der Waals surface area contributed by atoms with Crippen LogP contribution in [0.4, 0.5) is 0 Å². The standard InChI is InChI=1S/C68H46O9/c69-53-21-1-43(2-22-53)5-37-63-51(19-39-61(45-7-25-55(71)26-8-45)67(63)65(47-11-29-57(73)30-12-47)48-13-31-58(74)32-14-48)41-77-42-52-20-40-62(46-9-27-56(72)28-10-46)68(64(52)38-6-44-3-23-54(70)24-4-44)66(49-15-33-59(75)34-16-49)50-17-35-60(76)36-18-50/h1-4,7-36,39-40,69-73,75H,41-42H2. The molecule has 0 atom stereocenters. The third-order valence-corrected chi connectivity index (χ3v) is 13.0. The molecule has 372 valence electrons. The summed E-state index contributed by atoms with van der Waals surface area (Å²) in [5.41, 5.74) is 12.4. The van der Waals surface area contributed by atoms with Gasteiger partial charge in [-0.1, -0.05) is 121 Å². The maximum atomic E-state index is 12.6. The van der Waals surface area contributed by atoms with Crippen molar-refractivity contribution in [2.45, 2.75) is 13.2 Å². The zero-order valence-corrected chi connectivity index (χ0v) is 41.1. The van der Waals surface area contributed by atoms with Gasteiger partial charge in [-0.3, -0.25) is 9.59 Å². The maximum absolute atomic E-state index is 12.6. The Balaban J connectivity index is 1.19. The predicted octanol–water partition coefficient (Wildman–Crippen LogP) is 12.8. The van der Waals surface area contributed by atoms with E-state index in [1.54, 1.807) is 146 Å². The van der Waals surface area contributed by atoms with Gasteiger partial charge in [0.25, 0.3) is 0 Å². The Morgan fingerprint density at radius 2 is 0.636 bits per heavy atom. The van der Waals surface area contributed by atoms with Crippen LogP contribution < -0.4 is 0 Å². The van der Waals surface area contributed by atoms with Crippen LogP contribution in [0.15, 0.2) is 230 Å². The summed E-state index contributed by atoms with van der Waals surface area (Å²) < 4.78 is 6.87. The monoisotopic (exact) mass is 1010 g/mol. The number of phenols is 6. The number of aromatic hydroxyl groups is 6. The van der Waals surface area contributed by atoms with Crippen molar-refractivity contribution in [2.75, 3.05) is 0 Å². The average molecular weight is 1010 g/mol. The summed E-state index contributed by atoms with van der Waals surface area (Å²) in [5.74, 6) is 13.7. The quantitative estimate of drug-likeness (QED) is 0.0732. The van der Waals surface area contributed by atoms with Crippen molar-refractivity contribution in [1.82, 2.24) is 0 Å². The first-order chi connectivity index (χ1) is 37.4. The molecule has 0 bridgehead atoms. The lowest BCUT2D eigenvalue weighted by Gasteiger charge is -2.23. The molecule has 9 nitrogen and oxygen atoms in total. The number of hydrogen-bond donors (Lipinski definition) is 6. The normalized spacial score (nSPS) is 12.5. The van der Waals surface area contributed by atoms with Crippen LogP contribution in [-0.4, -0.2) is 42.2 Å². The summed E-state index contributed by atoms with van der Waals surface area (Å²) in [6.07, 6.45) is 13.0. The van der Waals surface area contributed by atoms with Gasteiger partial charge in [0.1, 0.15) is 34.5 Å². The first kappa shape index (κ1) is 50.0. The lowest BCUT2D eigenvalue weighted by Crippen LogP contribution is -2.07. The van der Waals surface area contributed by atoms with E-state index in [9.17, 15) is 40.2 Å². The molecule has 10 rings (SSSR count). The summed E-state index contributed by atoms with van der Waals surface area (Å²) in [6, 6.07) is 48.3. The summed E-state index contributed by atoms with van der Waals surface area (Å²) >= 11 is 0. The van der Waals surface area contributed by atoms with Crippen molar-refractivity contribution < 1.29 is 45.0 Å². The fourth-order valence-electron chi connectivity index (χ4n) is 9.14. The first-order valence-electron chi connectivity index (χ1n) is 24.4. The molecule has 0 saturated heterocycles. The average Bonchev–Trinajstić information content (AvgIpc) is 3.55. The third kappa shape index (κ3) is 11.5. The lowest BCUT2D eigenvalue weighted by molar-refractivity contribution is -0.111. The molecule has 0 heterocycles. The fourth-order valence-corrected chi connectivity index (χ4v) is 9.14. The highest BCUT2D eigenvalue weighted by atomic mass is 16.5. The summed E-state index contributed by atoms with van der Waals surface area (Å²) in [5, 5.41) is 62.2. The number of carbonyl (C=O) groups is 2. The molecule has 0 saturated carbocycles. The Hall–Kier alpha value is -10.6. The van der Waals surface area contributed by atoms with Gasteiger partial charge in [0.15, 0.2) is 11.6 Å². The smallest absolute Gasteiger partial charge is 0.178 e. The highest BCUT2D eigenvalue weighted by Gasteiger charge is 2.25. The number of phenolic OH excluding ortho intramolecular Hbond substituents is 6. The van der Waals surface area contributed by atoms with Gasteiger partial charge < -0.3 is 35.4 Å². The predicted molar refractivity (Wildman–Crippen MR) is 299 cm³/mol. The van der Waals surface area contributed by atoms with E-state index in [0.29, 0.717) is 66.8 Å². The van der Waals surface area contributed by atoms with Crippen LogP contribution in [0.2, 0.25) is 0 Å². The van der Waals surface area contributed by atoms with Gasteiger partial charge in [-0.2, -0.15) is 0 Å². The summed E-state index contributed by atoms with van der Waals surface area (Å²) in [7, 11) is 0. The highest BCUT2D eigenvalue weighted by molar-refractivity contribution is 6.05. The van der Waals surface area contributed by atoms with Crippen LogP contribution in [0, 0.1) is 23.7 Å². The number of ketones is 2. The summed E-state index contributed by atoms with van der Waals surface area (Å²) in [6.45, 7) is 0.0361. The number of allylic oxidation sites excluding steroid dienone is 10. The van der Waals surface area contributed by atoms with Crippen LogP contribution in [-0.2, 0) is 27.5 Å². The van der Waals surface area contributed by atoms with Crippen molar-refractivity contribution in [3.63, 3.8) is 0 Å². The van der Waals surface area contributed by atoms with Crippen molar-refractivity contribution in [3.8, 4) is 80.4 Å².